The van der Waals surface area contributed by atoms with Crippen molar-refractivity contribution in [2.24, 2.45) is 5.92 Å². The highest BCUT2D eigenvalue weighted by Crippen LogP contribution is 2.22. The summed E-state index contributed by atoms with van der Waals surface area (Å²) in [4.78, 5) is 13.6. The standard InChI is InChI=1S/C14H21NO2S2/c1-17-14(16)8-12-2-3-13(19-12)10-15-9-11-4-6-18-7-5-11/h2-3,11,15H,4-10H2,1H3. The van der Waals surface area contributed by atoms with E-state index < -0.39 is 0 Å². The maximum atomic E-state index is 11.2. The van der Waals surface area contributed by atoms with Gasteiger partial charge in [-0.15, -0.1) is 11.3 Å². The molecular formula is C14H21NO2S2. The van der Waals surface area contributed by atoms with Crippen molar-refractivity contribution in [3.8, 4) is 0 Å². The third-order valence-corrected chi connectivity index (χ3v) is 5.47. The van der Waals surface area contributed by atoms with E-state index in [-0.39, 0.29) is 5.97 Å². The van der Waals surface area contributed by atoms with E-state index in [0.29, 0.717) is 6.42 Å². The Morgan fingerprint density at radius 3 is 2.84 bits per heavy atom. The molecule has 0 saturated carbocycles. The van der Waals surface area contributed by atoms with Gasteiger partial charge < -0.3 is 10.1 Å². The number of carbonyl (C=O) groups is 1. The maximum absolute atomic E-state index is 11.2. The molecule has 0 radical (unpaired) electrons. The van der Waals surface area contributed by atoms with Gasteiger partial charge in [0.1, 0.15) is 0 Å². The fraction of sp³-hybridized carbons (Fsp3) is 0.643. The third kappa shape index (κ3) is 5.16. The van der Waals surface area contributed by atoms with Gasteiger partial charge in [-0.3, -0.25) is 4.79 Å². The number of ether oxygens (including phenoxy) is 1. The maximum Gasteiger partial charge on any atom is 0.310 e. The summed E-state index contributed by atoms with van der Waals surface area (Å²) in [5.74, 6) is 3.31. The first-order valence-corrected chi connectivity index (χ1v) is 8.68. The predicted molar refractivity (Wildman–Crippen MR) is 81.8 cm³/mol. The minimum Gasteiger partial charge on any atom is -0.469 e. The molecule has 2 rings (SSSR count). The Kier molecular flexibility index (Phi) is 6.20. The minimum atomic E-state index is -0.166. The van der Waals surface area contributed by atoms with Crippen LogP contribution in [-0.4, -0.2) is 31.1 Å². The van der Waals surface area contributed by atoms with Gasteiger partial charge in [-0.25, -0.2) is 0 Å². The summed E-state index contributed by atoms with van der Waals surface area (Å²) in [6.07, 6.45) is 3.08. The van der Waals surface area contributed by atoms with Crippen molar-refractivity contribution in [3.63, 3.8) is 0 Å². The first-order chi connectivity index (χ1) is 9.28. The number of thioether (sulfide) groups is 1. The second kappa shape index (κ2) is 7.92. The average molecular weight is 299 g/mol. The van der Waals surface area contributed by atoms with Gasteiger partial charge in [0.05, 0.1) is 13.5 Å². The summed E-state index contributed by atoms with van der Waals surface area (Å²) in [6, 6.07) is 4.13. The molecule has 19 heavy (non-hydrogen) atoms. The van der Waals surface area contributed by atoms with Crippen LogP contribution in [0.3, 0.4) is 0 Å². The Hall–Kier alpha value is -0.520. The molecule has 0 amide bonds. The molecule has 0 bridgehead atoms. The van der Waals surface area contributed by atoms with E-state index in [9.17, 15) is 4.79 Å². The zero-order chi connectivity index (χ0) is 13.5. The number of carbonyl (C=O) groups excluding carboxylic acids is 1. The number of esters is 1. The molecule has 1 aliphatic rings. The molecule has 1 N–H and O–H groups in total. The largest absolute Gasteiger partial charge is 0.469 e. The highest BCUT2D eigenvalue weighted by Gasteiger charge is 2.13. The number of hydrogen-bond acceptors (Lipinski definition) is 5. The van der Waals surface area contributed by atoms with Crippen molar-refractivity contribution >= 4 is 29.1 Å². The van der Waals surface area contributed by atoms with Crippen LogP contribution in [-0.2, 0) is 22.5 Å². The molecule has 0 atom stereocenters. The van der Waals surface area contributed by atoms with Crippen LogP contribution in [0.5, 0.6) is 0 Å². The number of methoxy groups -OCH3 is 1. The topological polar surface area (TPSA) is 38.3 Å². The lowest BCUT2D eigenvalue weighted by Crippen LogP contribution is -2.25. The van der Waals surface area contributed by atoms with E-state index in [1.165, 1.54) is 36.3 Å². The molecule has 0 aromatic carbocycles. The van der Waals surface area contributed by atoms with Crippen molar-refractivity contribution in [1.82, 2.24) is 5.32 Å². The summed E-state index contributed by atoms with van der Waals surface area (Å²) >= 11 is 3.77. The molecule has 0 spiro atoms. The van der Waals surface area contributed by atoms with Crippen molar-refractivity contribution in [3.05, 3.63) is 21.9 Å². The van der Waals surface area contributed by atoms with E-state index in [0.717, 1.165) is 23.9 Å². The summed E-state index contributed by atoms with van der Waals surface area (Å²) in [7, 11) is 1.43. The normalized spacial score (nSPS) is 16.5. The lowest BCUT2D eigenvalue weighted by Gasteiger charge is -2.21. The van der Waals surface area contributed by atoms with Gasteiger partial charge in [-0.2, -0.15) is 11.8 Å². The number of hydrogen-bond donors (Lipinski definition) is 1. The Labute approximate surface area is 123 Å². The predicted octanol–water partition coefficient (Wildman–Crippen LogP) is 2.70. The molecule has 106 valence electrons. The first-order valence-electron chi connectivity index (χ1n) is 6.71. The molecule has 3 nitrogen and oxygen atoms in total. The van der Waals surface area contributed by atoms with Crippen LogP contribution in [0.1, 0.15) is 22.6 Å². The monoisotopic (exact) mass is 299 g/mol. The van der Waals surface area contributed by atoms with E-state index in [4.69, 9.17) is 0 Å². The van der Waals surface area contributed by atoms with Crippen LogP contribution in [0.25, 0.3) is 0 Å². The quantitative estimate of drug-likeness (QED) is 0.820. The van der Waals surface area contributed by atoms with Crippen LogP contribution in [0.2, 0.25) is 0 Å². The first kappa shape index (κ1) is 14.9. The summed E-state index contributed by atoms with van der Waals surface area (Å²) in [5, 5.41) is 3.54. The van der Waals surface area contributed by atoms with Crippen LogP contribution in [0.4, 0.5) is 0 Å². The second-order valence-corrected chi connectivity index (χ2v) is 7.29. The Bertz CT molecular complexity index is 400. The molecule has 1 fully saturated rings. The average Bonchev–Trinajstić information content (AvgIpc) is 2.87. The van der Waals surface area contributed by atoms with Crippen LogP contribution < -0.4 is 5.32 Å². The summed E-state index contributed by atoms with van der Waals surface area (Å²) in [6.45, 7) is 2.03. The second-order valence-electron chi connectivity index (χ2n) is 4.81. The van der Waals surface area contributed by atoms with Crippen molar-refractivity contribution < 1.29 is 9.53 Å². The van der Waals surface area contributed by atoms with Crippen LogP contribution in [0, 0.1) is 5.92 Å². The van der Waals surface area contributed by atoms with Gasteiger partial charge in [0.25, 0.3) is 0 Å². The minimum absolute atomic E-state index is 0.166. The van der Waals surface area contributed by atoms with Crippen molar-refractivity contribution in [2.45, 2.75) is 25.8 Å². The number of nitrogens with one attached hydrogen (secondary N) is 1. The zero-order valence-electron chi connectivity index (χ0n) is 11.3. The summed E-state index contributed by atoms with van der Waals surface area (Å²) in [5.41, 5.74) is 0. The van der Waals surface area contributed by atoms with Gasteiger partial charge in [0.15, 0.2) is 0 Å². The highest BCUT2D eigenvalue weighted by atomic mass is 32.2. The fourth-order valence-corrected chi connectivity index (χ4v) is 4.35. The Morgan fingerprint density at radius 1 is 1.37 bits per heavy atom. The van der Waals surface area contributed by atoms with Gasteiger partial charge in [0.2, 0.25) is 0 Å². The Morgan fingerprint density at radius 2 is 2.11 bits per heavy atom. The number of thiophene rings is 1. The molecule has 2 heterocycles. The highest BCUT2D eigenvalue weighted by molar-refractivity contribution is 7.99. The molecule has 1 aromatic rings. The van der Waals surface area contributed by atoms with E-state index in [1.807, 2.05) is 6.07 Å². The number of rotatable bonds is 6. The molecular weight excluding hydrogens is 278 g/mol. The molecule has 5 heteroatoms. The lowest BCUT2D eigenvalue weighted by molar-refractivity contribution is -0.139. The fourth-order valence-electron chi connectivity index (χ4n) is 2.18. The zero-order valence-corrected chi connectivity index (χ0v) is 12.9. The van der Waals surface area contributed by atoms with Crippen LogP contribution >= 0.6 is 23.1 Å². The SMILES string of the molecule is COC(=O)Cc1ccc(CNCC2CCSCC2)s1. The summed E-state index contributed by atoms with van der Waals surface area (Å²) < 4.78 is 4.67. The van der Waals surface area contributed by atoms with Crippen LogP contribution in [0.15, 0.2) is 12.1 Å². The molecule has 1 saturated heterocycles. The van der Waals surface area contributed by atoms with E-state index in [1.54, 1.807) is 11.3 Å². The van der Waals surface area contributed by atoms with Gasteiger partial charge >= 0.3 is 5.97 Å². The third-order valence-electron chi connectivity index (χ3n) is 3.34. The molecule has 0 unspecified atom stereocenters. The van der Waals surface area contributed by atoms with E-state index in [2.05, 4.69) is 27.9 Å². The molecule has 1 aromatic heterocycles. The van der Waals surface area contributed by atoms with E-state index >= 15 is 0 Å². The molecule has 0 aliphatic carbocycles. The molecule has 1 aliphatic heterocycles. The smallest absolute Gasteiger partial charge is 0.310 e. The van der Waals surface area contributed by atoms with Crippen molar-refractivity contribution in [1.29, 1.82) is 0 Å². The lowest BCUT2D eigenvalue weighted by atomic mass is 10.0. The van der Waals surface area contributed by atoms with Gasteiger partial charge in [0, 0.05) is 16.3 Å². The van der Waals surface area contributed by atoms with Gasteiger partial charge in [-0.05, 0) is 48.9 Å². The van der Waals surface area contributed by atoms with Gasteiger partial charge in [-0.1, -0.05) is 0 Å². The van der Waals surface area contributed by atoms with Crippen molar-refractivity contribution in [2.75, 3.05) is 25.2 Å². The Balaban J connectivity index is 1.69.